The number of nitrogen functional groups attached to an aromatic ring is 1. The molecular weight excluding hydrogens is 262 g/mol. The summed E-state index contributed by atoms with van der Waals surface area (Å²) in [4.78, 5) is 25.0. The molecule has 1 aliphatic carbocycles. The van der Waals surface area contributed by atoms with Gasteiger partial charge in [-0.2, -0.15) is 0 Å². The predicted octanol–water partition coefficient (Wildman–Crippen LogP) is 3.01. The van der Waals surface area contributed by atoms with Gasteiger partial charge in [-0.3, -0.25) is 9.59 Å². The summed E-state index contributed by atoms with van der Waals surface area (Å²) < 4.78 is 0. The number of hydrogen-bond acceptors (Lipinski definition) is 3. The zero-order valence-corrected chi connectivity index (χ0v) is 10.9. The van der Waals surface area contributed by atoms with E-state index in [1.165, 1.54) is 6.07 Å². The summed E-state index contributed by atoms with van der Waals surface area (Å²) in [7, 11) is 0. The Morgan fingerprint density at radius 3 is 2.11 bits per heavy atom. The molecular formula is C15H10ClNO2. The minimum absolute atomic E-state index is 0.197. The van der Waals surface area contributed by atoms with Crippen LogP contribution in [0.25, 0.3) is 0 Å². The van der Waals surface area contributed by atoms with Crippen molar-refractivity contribution in [3.8, 4) is 0 Å². The van der Waals surface area contributed by atoms with Gasteiger partial charge in [0, 0.05) is 27.4 Å². The molecule has 2 N–H and O–H groups in total. The topological polar surface area (TPSA) is 60.2 Å². The third kappa shape index (κ3) is 1.52. The lowest BCUT2D eigenvalue weighted by Crippen LogP contribution is -2.23. The smallest absolute Gasteiger partial charge is 0.196 e. The molecule has 3 nitrogen and oxygen atoms in total. The molecule has 2 aromatic rings. The molecule has 0 heterocycles. The lowest BCUT2D eigenvalue weighted by atomic mass is 9.81. The Morgan fingerprint density at radius 1 is 1.00 bits per heavy atom. The number of halogens is 1. The molecule has 0 aliphatic heterocycles. The molecule has 0 bridgehead atoms. The van der Waals surface area contributed by atoms with Crippen molar-refractivity contribution in [2.24, 2.45) is 0 Å². The van der Waals surface area contributed by atoms with Crippen molar-refractivity contribution in [1.29, 1.82) is 0 Å². The van der Waals surface area contributed by atoms with Crippen molar-refractivity contribution in [1.82, 2.24) is 0 Å². The second kappa shape index (κ2) is 3.93. The summed E-state index contributed by atoms with van der Waals surface area (Å²) in [6, 6.07) is 8.28. The second-order valence-electron chi connectivity index (χ2n) is 4.53. The first kappa shape index (κ1) is 11.9. The van der Waals surface area contributed by atoms with Crippen LogP contribution in [0.4, 0.5) is 5.69 Å². The van der Waals surface area contributed by atoms with E-state index in [1.807, 2.05) is 0 Å². The van der Waals surface area contributed by atoms with Crippen molar-refractivity contribution < 1.29 is 9.59 Å². The molecule has 4 heteroatoms. The number of anilines is 1. The lowest BCUT2D eigenvalue weighted by molar-refractivity contribution is 0.0979. The zero-order valence-electron chi connectivity index (χ0n) is 10.2. The third-order valence-electron chi connectivity index (χ3n) is 3.42. The Kier molecular flexibility index (Phi) is 2.47. The van der Waals surface area contributed by atoms with Gasteiger partial charge in [-0.15, -0.1) is 0 Å². The number of carbonyl (C=O) groups is 2. The average Bonchev–Trinajstić information content (AvgIpc) is 2.40. The van der Waals surface area contributed by atoms with Crippen molar-refractivity contribution in [2.75, 3.05) is 5.73 Å². The maximum atomic E-state index is 12.5. The van der Waals surface area contributed by atoms with Gasteiger partial charge in [-0.25, -0.2) is 0 Å². The van der Waals surface area contributed by atoms with Gasteiger partial charge in [0.05, 0.1) is 5.56 Å². The number of rotatable bonds is 0. The normalized spacial score (nSPS) is 13.2. The number of fused-ring (bicyclic) bond motifs is 2. The van der Waals surface area contributed by atoms with Crippen molar-refractivity contribution >= 4 is 28.9 Å². The standard InChI is InChI=1S/C15H10ClNO2/c1-7-10(16)6-11(17)13-12(7)14(18)8-4-2-3-5-9(8)15(13)19/h2-6H,17H2,1H3. The van der Waals surface area contributed by atoms with E-state index >= 15 is 0 Å². The number of hydrogen-bond donors (Lipinski definition) is 1. The van der Waals surface area contributed by atoms with Crippen LogP contribution in [0.3, 0.4) is 0 Å². The van der Waals surface area contributed by atoms with Crippen molar-refractivity contribution in [3.63, 3.8) is 0 Å². The molecule has 3 rings (SSSR count). The van der Waals surface area contributed by atoms with E-state index in [1.54, 1.807) is 31.2 Å². The van der Waals surface area contributed by atoms with Gasteiger partial charge >= 0.3 is 0 Å². The van der Waals surface area contributed by atoms with E-state index in [9.17, 15) is 9.59 Å². The van der Waals surface area contributed by atoms with Gasteiger partial charge in [0.2, 0.25) is 0 Å². The van der Waals surface area contributed by atoms with Gasteiger partial charge in [0.1, 0.15) is 0 Å². The summed E-state index contributed by atoms with van der Waals surface area (Å²) in [5, 5.41) is 0.400. The quantitative estimate of drug-likeness (QED) is 0.640. The van der Waals surface area contributed by atoms with Crippen LogP contribution in [-0.4, -0.2) is 11.6 Å². The van der Waals surface area contributed by atoms with Crippen molar-refractivity contribution in [3.05, 3.63) is 63.2 Å². The fourth-order valence-electron chi connectivity index (χ4n) is 2.45. The summed E-state index contributed by atoms with van der Waals surface area (Å²) in [5.74, 6) is -0.417. The molecule has 0 saturated heterocycles. The highest BCUT2D eigenvalue weighted by Gasteiger charge is 2.33. The fourth-order valence-corrected chi connectivity index (χ4v) is 2.66. The molecule has 0 saturated carbocycles. The molecule has 0 unspecified atom stereocenters. The van der Waals surface area contributed by atoms with E-state index in [0.29, 0.717) is 27.3 Å². The van der Waals surface area contributed by atoms with Crippen LogP contribution < -0.4 is 5.73 Å². The summed E-state index contributed by atoms with van der Waals surface area (Å²) in [6.07, 6.45) is 0. The van der Waals surface area contributed by atoms with E-state index in [0.717, 1.165) is 0 Å². The van der Waals surface area contributed by atoms with E-state index in [4.69, 9.17) is 17.3 Å². The molecule has 0 atom stereocenters. The molecule has 0 radical (unpaired) electrons. The molecule has 1 aliphatic rings. The molecule has 0 amide bonds. The molecule has 0 aromatic heterocycles. The van der Waals surface area contributed by atoms with Crippen LogP contribution in [0.2, 0.25) is 5.02 Å². The molecule has 19 heavy (non-hydrogen) atoms. The van der Waals surface area contributed by atoms with Gasteiger partial charge < -0.3 is 5.73 Å². The minimum Gasteiger partial charge on any atom is -0.398 e. The number of benzene rings is 2. The summed E-state index contributed by atoms with van der Waals surface area (Å²) in [5.41, 5.74) is 8.11. The van der Waals surface area contributed by atoms with E-state index in [2.05, 4.69) is 0 Å². The maximum absolute atomic E-state index is 12.5. The van der Waals surface area contributed by atoms with Gasteiger partial charge in [-0.1, -0.05) is 35.9 Å². The first-order valence-corrected chi connectivity index (χ1v) is 6.17. The number of carbonyl (C=O) groups excluding carboxylic acids is 2. The molecule has 2 aromatic carbocycles. The fraction of sp³-hybridized carbons (Fsp3) is 0.0667. The van der Waals surface area contributed by atoms with E-state index in [-0.39, 0.29) is 22.8 Å². The first-order valence-electron chi connectivity index (χ1n) is 5.79. The molecule has 0 fully saturated rings. The van der Waals surface area contributed by atoms with Crippen LogP contribution in [0, 0.1) is 6.92 Å². The Balaban J connectivity index is 2.43. The highest BCUT2D eigenvalue weighted by Crippen LogP contribution is 2.35. The van der Waals surface area contributed by atoms with Crippen LogP contribution in [0.15, 0.2) is 30.3 Å². The summed E-state index contributed by atoms with van der Waals surface area (Å²) >= 11 is 6.05. The third-order valence-corrected chi connectivity index (χ3v) is 3.82. The highest BCUT2D eigenvalue weighted by molar-refractivity contribution is 6.35. The van der Waals surface area contributed by atoms with Crippen LogP contribution >= 0.6 is 11.6 Å². The summed E-state index contributed by atoms with van der Waals surface area (Å²) in [6.45, 7) is 1.72. The van der Waals surface area contributed by atoms with Gasteiger partial charge in [-0.05, 0) is 18.6 Å². The van der Waals surface area contributed by atoms with Crippen molar-refractivity contribution in [2.45, 2.75) is 6.92 Å². The maximum Gasteiger partial charge on any atom is 0.196 e. The Bertz CT molecular complexity index is 750. The monoisotopic (exact) mass is 271 g/mol. The Labute approximate surface area is 115 Å². The van der Waals surface area contributed by atoms with Crippen LogP contribution in [0.5, 0.6) is 0 Å². The molecule has 0 spiro atoms. The average molecular weight is 272 g/mol. The SMILES string of the molecule is Cc1c(Cl)cc(N)c2c1C(=O)c1ccccc1C2=O. The van der Waals surface area contributed by atoms with Crippen LogP contribution in [-0.2, 0) is 0 Å². The first-order chi connectivity index (χ1) is 9.02. The van der Waals surface area contributed by atoms with Crippen LogP contribution in [0.1, 0.15) is 37.4 Å². The Morgan fingerprint density at radius 2 is 1.53 bits per heavy atom. The minimum atomic E-state index is -0.220. The predicted molar refractivity (Wildman–Crippen MR) is 73.9 cm³/mol. The second-order valence-corrected chi connectivity index (χ2v) is 4.93. The Hall–Kier alpha value is -2.13. The zero-order chi connectivity index (χ0) is 13.7. The largest absolute Gasteiger partial charge is 0.398 e. The van der Waals surface area contributed by atoms with Gasteiger partial charge in [0.25, 0.3) is 0 Å². The van der Waals surface area contributed by atoms with E-state index < -0.39 is 0 Å². The van der Waals surface area contributed by atoms with Gasteiger partial charge in [0.15, 0.2) is 11.6 Å². The molecule has 94 valence electrons. The number of nitrogens with two attached hydrogens (primary N) is 1. The lowest BCUT2D eigenvalue weighted by Gasteiger charge is -2.21. The number of ketones is 2. The highest BCUT2D eigenvalue weighted by atomic mass is 35.5.